The molecule has 3 nitrogen and oxygen atoms in total. The van der Waals surface area contributed by atoms with Crippen LogP contribution in [0, 0.1) is 0 Å². The zero-order chi connectivity index (χ0) is 24.0. The summed E-state index contributed by atoms with van der Waals surface area (Å²) >= 11 is 0. The summed E-state index contributed by atoms with van der Waals surface area (Å²) in [6, 6.07) is 26.9. The molecule has 1 atom stereocenters. The molecule has 0 bridgehead atoms. The molecule has 0 heterocycles. The Balaban J connectivity index is 2.08. The van der Waals surface area contributed by atoms with Crippen molar-refractivity contribution >= 4 is 23.6 Å². The highest BCUT2D eigenvalue weighted by Gasteiger charge is 2.47. The van der Waals surface area contributed by atoms with Gasteiger partial charge in [-0.3, -0.25) is 0 Å². The summed E-state index contributed by atoms with van der Waals surface area (Å²) in [4.78, 5) is 0. The minimum absolute atomic E-state index is 0.327. The molecular formula is C30H37N3Si. The van der Waals surface area contributed by atoms with Crippen LogP contribution in [-0.4, -0.2) is 8.07 Å². The molecule has 1 aliphatic carbocycles. The van der Waals surface area contributed by atoms with Crippen molar-refractivity contribution in [1.82, 2.24) is 0 Å². The van der Waals surface area contributed by atoms with E-state index in [1.54, 1.807) is 0 Å². The molecule has 34 heavy (non-hydrogen) atoms. The van der Waals surface area contributed by atoms with Crippen molar-refractivity contribution in [2.75, 3.05) is 0 Å². The van der Waals surface area contributed by atoms with Crippen molar-refractivity contribution in [3.8, 4) is 0 Å². The van der Waals surface area contributed by atoms with Gasteiger partial charge in [-0.25, -0.2) is 0 Å². The van der Waals surface area contributed by atoms with Crippen molar-refractivity contribution in [2.24, 2.45) is 17.2 Å². The number of hydrogen-bond acceptors (Lipinski definition) is 3. The van der Waals surface area contributed by atoms with Crippen LogP contribution in [0.2, 0.25) is 5.54 Å². The second-order valence-electron chi connectivity index (χ2n) is 9.23. The number of unbranched alkanes of at least 4 members (excludes halogenated alkanes) is 1. The summed E-state index contributed by atoms with van der Waals surface area (Å²) < 4.78 is 0. The average Bonchev–Trinajstić information content (AvgIpc) is 3.37. The minimum Gasteiger partial charge on any atom is -0.326 e. The summed E-state index contributed by atoms with van der Waals surface area (Å²) in [5.41, 5.74) is 23.8. The molecule has 1 unspecified atom stereocenters. The third-order valence-corrected chi connectivity index (χ3v) is 12.3. The second kappa shape index (κ2) is 11.1. The quantitative estimate of drug-likeness (QED) is 0.315. The Kier molecular flexibility index (Phi) is 7.96. The maximum absolute atomic E-state index is 6.13. The third-order valence-electron chi connectivity index (χ3n) is 7.15. The predicted molar refractivity (Wildman–Crippen MR) is 148 cm³/mol. The van der Waals surface area contributed by atoms with E-state index in [1.165, 1.54) is 50.7 Å². The van der Waals surface area contributed by atoms with Crippen molar-refractivity contribution in [3.63, 3.8) is 0 Å². The highest BCUT2D eigenvalue weighted by molar-refractivity contribution is 7.13. The Labute approximate surface area is 205 Å². The maximum atomic E-state index is 6.13. The van der Waals surface area contributed by atoms with E-state index in [9.17, 15) is 0 Å². The summed E-state index contributed by atoms with van der Waals surface area (Å²) in [6.07, 6.45) is 10.6. The van der Waals surface area contributed by atoms with E-state index in [1.807, 2.05) is 0 Å². The van der Waals surface area contributed by atoms with Gasteiger partial charge < -0.3 is 17.2 Å². The molecule has 4 rings (SSSR count). The van der Waals surface area contributed by atoms with Gasteiger partial charge in [0.2, 0.25) is 0 Å². The smallest absolute Gasteiger partial charge is 0.159 e. The standard InChI is InChI=1S/C30H37N3Si/c1-2-3-11-26-12-7-16-30(26)34(27-13-4-8-23(17-27)20-31,28-14-5-9-24(18-28)21-32)29-15-6-10-25(19-29)22-33/h4-10,12-19,30H,2-3,11,20-22,31-33H2,1H3. The molecule has 0 aromatic heterocycles. The van der Waals surface area contributed by atoms with Crippen LogP contribution in [0.3, 0.4) is 0 Å². The van der Waals surface area contributed by atoms with E-state index in [0.717, 1.165) is 6.42 Å². The Bertz CT molecular complexity index is 1070. The van der Waals surface area contributed by atoms with Crippen molar-refractivity contribution in [1.29, 1.82) is 0 Å². The van der Waals surface area contributed by atoms with Gasteiger partial charge in [-0.05, 0) is 45.1 Å². The van der Waals surface area contributed by atoms with Gasteiger partial charge in [0.15, 0.2) is 8.07 Å². The third kappa shape index (κ3) is 4.59. The largest absolute Gasteiger partial charge is 0.326 e. The van der Waals surface area contributed by atoms with E-state index < -0.39 is 8.07 Å². The molecule has 0 saturated carbocycles. The fourth-order valence-corrected chi connectivity index (χ4v) is 11.0. The first-order valence-corrected chi connectivity index (χ1v) is 14.5. The molecule has 176 valence electrons. The lowest BCUT2D eigenvalue weighted by molar-refractivity contribution is 0.776. The molecule has 4 heteroatoms. The fraction of sp³-hybridized carbons (Fsp3) is 0.267. The number of rotatable bonds is 10. The molecule has 0 aliphatic heterocycles. The van der Waals surface area contributed by atoms with Crippen LogP contribution in [0.4, 0.5) is 0 Å². The highest BCUT2D eigenvalue weighted by atomic mass is 28.3. The van der Waals surface area contributed by atoms with Gasteiger partial charge in [-0.1, -0.05) is 110 Å². The van der Waals surface area contributed by atoms with Crippen LogP contribution in [0.1, 0.15) is 42.9 Å². The molecule has 0 spiro atoms. The monoisotopic (exact) mass is 467 g/mol. The van der Waals surface area contributed by atoms with Gasteiger partial charge in [0, 0.05) is 25.2 Å². The van der Waals surface area contributed by atoms with Gasteiger partial charge >= 0.3 is 0 Å². The van der Waals surface area contributed by atoms with Crippen LogP contribution in [0.5, 0.6) is 0 Å². The lowest BCUT2D eigenvalue weighted by Crippen LogP contribution is -2.70. The molecule has 0 saturated heterocycles. The highest BCUT2D eigenvalue weighted by Crippen LogP contribution is 2.38. The predicted octanol–water partition coefficient (Wildman–Crippen LogP) is 3.59. The number of nitrogens with two attached hydrogens (primary N) is 3. The molecule has 0 amide bonds. The van der Waals surface area contributed by atoms with Crippen molar-refractivity contribution < 1.29 is 0 Å². The Hall–Kier alpha value is -2.76. The molecule has 3 aromatic carbocycles. The summed E-state index contributed by atoms with van der Waals surface area (Å²) in [6.45, 7) is 3.86. The number of benzene rings is 3. The lowest BCUT2D eigenvalue weighted by Gasteiger charge is -2.40. The lowest BCUT2D eigenvalue weighted by atomic mass is 10.1. The number of hydrogen-bond donors (Lipinski definition) is 3. The second-order valence-corrected chi connectivity index (χ2v) is 13.2. The Morgan fingerprint density at radius 3 is 1.59 bits per heavy atom. The van der Waals surface area contributed by atoms with E-state index in [-0.39, 0.29) is 0 Å². The van der Waals surface area contributed by atoms with Gasteiger partial charge in [0.05, 0.1) is 0 Å². The molecule has 3 aromatic rings. The van der Waals surface area contributed by atoms with E-state index in [4.69, 9.17) is 17.2 Å². The first kappa shape index (κ1) is 24.4. The van der Waals surface area contributed by atoms with Crippen molar-refractivity contribution in [2.45, 2.75) is 51.4 Å². The fourth-order valence-electron chi connectivity index (χ4n) is 5.43. The van der Waals surface area contributed by atoms with Crippen LogP contribution in [-0.2, 0) is 19.6 Å². The zero-order valence-electron chi connectivity index (χ0n) is 20.2. The zero-order valence-corrected chi connectivity index (χ0v) is 21.2. The normalized spacial score (nSPS) is 15.5. The summed E-state index contributed by atoms with van der Waals surface area (Å²) in [5.74, 6) is 0. The van der Waals surface area contributed by atoms with Gasteiger partial charge in [0.1, 0.15) is 0 Å². The van der Waals surface area contributed by atoms with Crippen LogP contribution in [0.25, 0.3) is 0 Å². The Morgan fingerprint density at radius 1 is 0.706 bits per heavy atom. The van der Waals surface area contributed by atoms with Gasteiger partial charge in [-0.2, -0.15) is 0 Å². The van der Waals surface area contributed by atoms with Crippen LogP contribution in [0.15, 0.2) is 96.6 Å². The minimum atomic E-state index is -2.57. The molecule has 0 radical (unpaired) electrons. The molecule has 0 fully saturated rings. The number of allylic oxidation sites excluding steroid dienone is 4. The van der Waals surface area contributed by atoms with Crippen molar-refractivity contribution in [3.05, 3.63) is 113 Å². The van der Waals surface area contributed by atoms with E-state index >= 15 is 0 Å². The first-order chi connectivity index (χ1) is 16.7. The van der Waals surface area contributed by atoms with E-state index in [2.05, 4.69) is 97.9 Å². The summed E-state index contributed by atoms with van der Waals surface area (Å²) in [5, 5.41) is 4.16. The topological polar surface area (TPSA) is 78.1 Å². The van der Waals surface area contributed by atoms with Gasteiger partial charge in [0.25, 0.3) is 0 Å². The first-order valence-electron chi connectivity index (χ1n) is 12.4. The van der Waals surface area contributed by atoms with Gasteiger partial charge in [-0.15, -0.1) is 0 Å². The SMILES string of the molecule is CCCCC1=CC=CC1[Si](c1cccc(CN)c1)(c1cccc(CN)c1)c1cccc(CN)c1. The molecule has 1 aliphatic rings. The Morgan fingerprint density at radius 2 is 1.18 bits per heavy atom. The summed E-state index contributed by atoms with van der Waals surface area (Å²) in [7, 11) is -2.57. The molecular weight excluding hydrogens is 430 g/mol. The van der Waals surface area contributed by atoms with Crippen LogP contribution < -0.4 is 32.8 Å². The maximum Gasteiger partial charge on any atom is 0.159 e. The van der Waals surface area contributed by atoms with Crippen LogP contribution >= 0.6 is 0 Å². The molecule has 6 N–H and O–H groups in total. The van der Waals surface area contributed by atoms with E-state index in [0.29, 0.717) is 25.2 Å². The average molecular weight is 468 g/mol.